The summed E-state index contributed by atoms with van der Waals surface area (Å²) in [5, 5.41) is 0. The summed E-state index contributed by atoms with van der Waals surface area (Å²) in [6.45, 7) is 3.56. The van der Waals surface area contributed by atoms with Gasteiger partial charge in [-0.25, -0.2) is 4.39 Å². The standard InChI is InChI=1S/C19H22FNO3/c1-22-19-11-15(7-8-18(19)20)12-21-9-10-23-17(13-21)14-24-16-5-3-2-4-6-16/h2-8,11,17H,9-10,12-14H2,1H3/t17-/m0/s1. The van der Waals surface area contributed by atoms with Crippen LogP contribution in [-0.4, -0.2) is 44.4 Å². The zero-order valence-corrected chi connectivity index (χ0v) is 13.8. The van der Waals surface area contributed by atoms with Crippen molar-refractivity contribution in [2.45, 2.75) is 12.6 Å². The summed E-state index contributed by atoms with van der Waals surface area (Å²) < 4.78 is 30.1. The highest BCUT2D eigenvalue weighted by Crippen LogP contribution is 2.20. The van der Waals surface area contributed by atoms with E-state index in [1.807, 2.05) is 30.3 Å². The molecule has 0 amide bonds. The molecule has 128 valence electrons. The molecule has 1 aliphatic rings. The number of hydrogen-bond donors (Lipinski definition) is 0. The van der Waals surface area contributed by atoms with Gasteiger partial charge in [-0.2, -0.15) is 0 Å². The van der Waals surface area contributed by atoms with E-state index in [2.05, 4.69) is 4.90 Å². The summed E-state index contributed by atoms with van der Waals surface area (Å²) in [5.74, 6) is 0.795. The van der Waals surface area contributed by atoms with Crippen LogP contribution in [0.1, 0.15) is 5.56 Å². The predicted octanol–water partition coefficient (Wildman–Crippen LogP) is 3.11. The zero-order valence-electron chi connectivity index (χ0n) is 13.8. The maximum absolute atomic E-state index is 13.5. The highest BCUT2D eigenvalue weighted by atomic mass is 19.1. The molecule has 0 spiro atoms. The van der Waals surface area contributed by atoms with Crippen LogP contribution in [0.3, 0.4) is 0 Å². The lowest BCUT2D eigenvalue weighted by molar-refractivity contribution is -0.0504. The van der Waals surface area contributed by atoms with Crippen LogP contribution in [0, 0.1) is 5.82 Å². The van der Waals surface area contributed by atoms with E-state index in [9.17, 15) is 4.39 Å². The molecule has 1 heterocycles. The molecule has 5 heteroatoms. The molecule has 2 aromatic rings. The van der Waals surface area contributed by atoms with Gasteiger partial charge in [-0.15, -0.1) is 0 Å². The van der Waals surface area contributed by atoms with Crippen molar-refractivity contribution >= 4 is 0 Å². The Morgan fingerprint density at radius 3 is 2.83 bits per heavy atom. The highest BCUT2D eigenvalue weighted by Gasteiger charge is 2.21. The monoisotopic (exact) mass is 331 g/mol. The first-order valence-electron chi connectivity index (χ1n) is 8.09. The van der Waals surface area contributed by atoms with Crippen LogP contribution in [0.25, 0.3) is 0 Å². The number of hydrogen-bond acceptors (Lipinski definition) is 4. The molecule has 1 aliphatic heterocycles. The van der Waals surface area contributed by atoms with Crippen molar-refractivity contribution in [2.75, 3.05) is 33.4 Å². The Labute approximate surface area is 141 Å². The highest BCUT2D eigenvalue weighted by molar-refractivity contribution is 5.30. The molecule has 3 rings (SSSR count). The lowest BCUT2D eigenvalue weighted by atomic mass is 10.1. The molecule has 0 bridgehead atoms. The van der Waals surface area contributed by atoms with Gasteiger partial charge in [0, 0.05) is 19.6 Å². The molecular formula is C19H22FNO3. The molecule has 0 unspecified atom stereocenters. The smallest absolute Gasteiger partial charge is 0.165 e. The second-order valence-electron chi connectivity index (χ2n) is 5.82. The zero-order chi connectivity index (χ0) is 16.8. The van der Waals surface area contributed by atoms with E-state index in [0.29, 0.717) is 13.2 Å². The molecular weight excluding hydrogens is 309 g/mol. The van der Waals surface area contributed by atoms with Crippen molar-refractivity contribution in [2.24, 2.45) is 0 Å². The summed E-state index contributed by atoms with van der Waals surface area (Å²) in [7, 11) is 1.48. The molecule has 1 saturated heterocycles. The van der Waals surface area contributed by atoms with Crippen molar-refractivity contribution in [3.63, 3.8) is 0 Å². The van der Waals surface area contributed by atoms with Crippen molar-refractivity contribution in [3.8, 4) is 11.5 Å². The molecule has 0 aliphatic carbocycles. The van der Waals surface area contributed by atoms with Crippen molar-refractivity contribution in [1.82, 2.24) is 4.90 Å². The Morgan fingerprint density at radius 2 is 2.04 bits per heavy atom. The number of ether oxygens (including phenoxy) is 3. The maximum atomic E-state index is 13.5. The predicted molar refractivity (Wildman–Crippen MR) is 89.9 cm³/mol. The number of benzene rings is 2. The van der Waals surface area contributed by atoms with Gasteiger partial charge < -0.3 is 14.2 Å². The summed E-state index contributed by atoms with van der Waals surface area (Å²) in [6, 6.07) is 14.7. The minimum absolute atomic E-state index is 0.0290. The Balaban J connectivity index is 1.53. The first-order chi connectivity index (χ1) is 11.7. The Bertz CT molecular complexity index is 650. The minimum atomic E-state index is -0.336. The maximum Gasteiger partial charge on any atom is 0.165 e. The van der Waals surface area contributed by atoms with E-state index in [1.54, 1.807) is 12.1 Å². The number of halogens is 1. The molecule has 1 fully saturated rings. The number of rotatable bonds is 6. The quantitative estimate of drug-likeness (QED) is 0.814. The average molecular weight is 331 g/mol. The van der Waals surface area contributed by atoms with E-state index in [4.69, 9.17) is 14.2 Å². The van der Waals surface area contributed by atoms with Gasteiger partial charge in [0.1, 0.15) is 18.5 Å². The van der Waals surface area contributed by atoms with E-state index in [1.165, 1.54) is 13.2 Å². The number of morpholine rings is 1. The largest absolute Gasteiger partial charge is 0.494 e. The summed E-state index contributed by atoms with van der Waals surface area (Å²) in [6.07, 6.45) is 0.0290. The Kier molecular flexibility index (Phi) is 5.67. The van der Waals surface area contributed by atoms with Gasteiger partial charge in [0.2, 0.25) is 0 Å². The topological polar surface area (TPSA) is 30.9 Å². The molecule has 2 aromatic carbocycles. The lowest BCUT2D eigenvalue weighted by Crippen LogP contribution is -2.44. The number of para-hydroxylation sites is 1. The van der Waals surface area contributed by atoms with Crippen molar-refractivity contribution in [1.29, 1.82) is 0 Å². The Hall–Kier alpha value is -2.11. The third kappa shape index (κ3) is 4.46. The fraction of sp³-hybridized carbons (Fsp3) is 0.368. The minimum Gasteiger partial charge on any atom is -0.494 e. The van der Waals surface area contributed by atoms with Crippen molar-refractivity contribution in [3.05, 3.63) is 59.9 Å². The molecule has 4 nitrogen and oxygen atoms in total. The molecule has 0 saturated carbocycles. The lowest BCUT2D eigenvalue weighted by Gasteiger charge is -2.32. The normalized spacial score (nSPS) is 18.3. The van der Waals surface area contributed by atoms with Crippen LogP contribution in [-0.2, 0) is 11.3 Å². The molecule has 0 radical (unpaired) electrons. The van der Waals surface area contributed by atoms with Crippen LogP contribution in [0.4, 0.5) is 4.39 Å². The fourth-order valence-corrected chi connectivity index (χ4v) is 2.79. The van der Waals surface area contributed by atoms with Crippen LogP contribution >= 0.6 is 0 Å². The second-order valence-corrected chi connectivity index (χ2v) is 5.82. The number of methoxy groups -OCH3 is 1. The third-order valence-corrected chi connectivity index (χ3v) is 4.02. The van der Waals surface area contributed by atoms with Gasteiger partial charge in [0.25, 0.3) is 0 Å². The second kappa shape index (κ2) is 8.13. The van der Waals surface area contributed by atoms with Crippen molar-refractivity contribution < 1.29 is 18.6 Å². The summed E-state index contributed by atoms with van der Waals surface area (Å²) in [5.41, 5.74) is 1.03. The summed E-state index contributed by atoms with van der Waals surface area (Å²) in [4.78, 5) is 2.29. The van der Waals surface area contributed by atoms with Crippen LogP contribution in [0.2, 0.25) is 0 Å². The Morgan fingerprint density at radius 1 is 1.21 bits per heavy atom. The average Bonchev–Trinajstić information content (AvgIpc) is 2.63. The fourth-order valence-electron chi connectivity index (χ4n) is 2.79. The van der Waals surface area contributed by atoms with Gasteiger partial charge >= 0.3 is 0 Å². The molecule has 0 aromatic heterocycles. The molecule has 1 atom stereocenters. The third-order valence-electron chi connectivity index (χ3n) is 4.02. The first kappa shape index (κ1) is 16.7. The first-order valence-corrected chi connectivity index (χ1v) is 8.09. The van der Waals surface area contributed by atoms with E-state index >= 15 is 0 Å². The van der Waals surface area contributed by atoms with E-state index < -0.39 is 0 Å². The SMILES string of the molecule is COc1cc(CN2CCO[C@H](COc3ccccc3)C2)ccc1F. The molecule has 0 N–H and O–H groups in total. The van der Waals surface area contributed by atoms with E-state index in [0.717, 1.165) is 30.9 Å². The van der Waals surface area contributed by atoms with Gasteiger partial charge in [0.15, 0.2) is 11.6 Å². The van der Waals surface area contributed by atoms with Crippen LogP contribution in [0.5, 0.6) is 11.5 Å². The summed E-state index contributed by atoms with van der Waals surface area (Å²) >= 11 is 0. The van der Waals surface area contributed by atoms with Gasteiger partial charge in [-0.3, -0.25) is 4.90 Å². The number of nitrogens with zero attached hydrogens (tertiary/aromatic N) is 1. The van der Waals surface area contributed by atoms with Gasteiger partial charge in [-0.05, 0) is 29.8 Å². The van der Waals surface area contributed by atoms with Gasteiger partial charge in [0.05, 0.1) is 13.7 Å². The van der Waals surface area contributed by atoms with Crippen LogP contribution in [0.15, 0.2) is 48.5 Å². The molecule has 24 heavy (non-hydrogen) atoms. The van der Waals surface area contributed by atoms with E-state index in [-0.39, 0.29) is 17.7 Å². The van der Waals surface area contributed by atoms with Crippen LogP contribution < -0.4 is 9.47 Å². The van der Waals surface area contributed by atoms with Gasteiger partial charge in [-0.1, -0.05) is 24.3 Å².